The first-order chi connectivity index (χ1) is 8.23. The maximum Gasteiger partial charge on any atom is 0.234 e. The average Bonchev–Trinajstić information content (AvgIpc) is 2.80. The van der Waals surface area contributed by atoms with Crippen LogP contribution in [0, 0.1) is 5.41 Å². The predicted octanol–water partition coefficient (Wildman–Crippen LogP) is 1.06. The highest BCUT2D eigenvalue weighted by atomic mass is 16.5. The Kier molecular flexibility index (Phi) is 4.05. The summed E-state index contributed by atoms with van der Waals surface area (Å²) >= 11 is 0. The van der Waals surface area contributed by atoms with Crippen molar-refractivity contribution in [2.45, 2.75) is 51.2 Å². The zero-order chi connectivity index (χ0) is 12.3. The van der Waals surface area contributed by atoms with Crippen LogP contribution in [0.25, 0.3) is 0 Å². The largest absolute Gasteiger partial charge is 0.378 e. The van der Waals surface area contributed by atoms with Crippen LogP contribution in [0.3, 0.4) is 0 Å². The lowest BCUT2D eigenvalue weighted by Gasteiger charge is -2.54. The SMILES string of the molecule is CCOC1CC(NC(=O)CNC)C12CCCC2. The molecule has 0 heterocycles. The molecule has 1 spiro atoms. The van der Waals surface area contributed by atoms with Crippen molar-refractivity contribution in [2.24, 2.45) is 5.41 Å². The van der Waals surface area contributed by atoms with E-state index in [0.29, 0.717) is 18.7 Å². The number of hydrogen-bond donors (Lipinski definition) is 2. The van der Waals surface area contributed by atoms with Gasteiger partial charge < -0.3 is 15.4 Å². The molecule has 0 radical (unpaired) electrons. The number of nitrogens with one attached hydrogen (secondary N) is 2. The van der Waals surface area contributed by atoms with Crippen LogP contribution in [0.1, 0.15) is 39.0 Å². The van der Waals surface area contributed by atoms with Gasteiger partial charge in [0.25, 0.3) is 0 Å². The van der Waals surface area contributed by atoms with Gasteiger partial charge in [0.2, 0.25) is 5.91 Å². The summed E-state index contributed by atoms with van der Waals surface area (Å²) in [5.41, 5.74) is 0.249. The first-order valence-corrected chi connectivity index (χ1v) is 6.78. The molecule has 0 aromatic rings. The maximum absolute atomic E-state index is 11.6. The molecule has 4 nitrogen and oxygen atoms in total. The van der Waals surface area contributed by atoms with Gasteiger partial charge in [0, 0.05) is 18.1 Å². The third kappa shape index (κ3) is 2.33. The monoisotopic (exact) mass is 240 g/mol. The Morgan fingerprint density at radius 1 is 1.41 bits per heavy atom. The van der Waals surface area contributed by atoms with Crippen molar-refractivity contribution in [1.29, 1.82) is 0 Å². The predicted molar refractivity (Wildman–Crippen MR) is 66.8 cm³/mol. The number of ether oxygens (including phenoxy) is 1. The van der Waals surface area contributed by atoms with E-state index in [1.807, 2.05) is 0 Å². The zero-order valence-electron chi connectivity index (χ0n) is 10.9. The van der Waals surface area contributed by atoms with Crippen LogP contribution in [-0.2, 0) is 9.53 Å². The second kappa shape index (κ2) is 5.36. The van der Waals surface area contributed by atoms with E-state index in [1.165, 1.54) is 25.7 Å². The van der Waals surface area contributed by atoms with Gasteiger partial charge in [-0.15, -0.1) is 0 Å². The third-order valence-corrected chi connectivity index (χ3v) is 4.36. The number of hydrogen-bond acceptors (Lipinski definition) is 3. The molecular formula is C13H24N2O2. The van der Waals surface area contributed by atoms with Crippen LogP contribution >= 0.6 is 0 Å². The zero-order valence-corrected chi connectivity index (χ0v) is 10.9. The highest BCUT2D eigenvalue weighted by Gasteiger charge is 2.57. The Morgan fingerprint density at radius 2 is 2.12 bits per heavy atom. The highest BCUT2D eigenvalue weighted by molar-refractivity contribution is 5.78. The summed E-state index contributed by atoms with van der Waals surface area (Å²) in [6, 6.07) is 0.336. The standard InChI is InChI=1S/C13H24N2O2/c1-3-17-11-8-10(15-12(16)9-14-2)13(11)6-4-5-7-13/h10-11,14H,3-9H2,1-2H3,(H,15,16). The van der Waals surface area contributed by atoms with Crippen LogP contribution in [0.4, 0.5) is 0 Å². The van der Waals surface area contributed by atoms with Gasteiger partial charge in [-0.05, 0) is 33.2 Å². The van der Waals surface area contributed by atoms with Crippen molar-refractivity contribution in [3.8, 4) is 0 Å². The topological polar surface area (TPSA) is 50.4 Å². The molecule has 0 aromatic carbocycles. The Morgan fingerprint density at radius 3 is 2.71 bits per heavy atom. The van der Waals surface area contributed by atoms with Crippen molar-refractivity contribution in [3.05, 3.63) is 0 Å². The molecule has 0 aromatic heterocycles. The Bertz CT molecular complexity index is 275. The van der Waals surface area contributed by atoms with Crippen molar-refractivity contribution in [3.63, 3.8) is 0 Å². The lowest BCUT2D eigenvalue weighted by atomic mass is 9.60. The summed E-state index contributed by atoms with van der Waals surface area (Å²) in [5, 5.41) is 6.05. The molecule has 2 aliphatic rings. The van der Waals surface area contributed by atoms with Gasteiger partial charge in [0.05, 0.1) is 12.6 Å². The van der Waals surface area contributed by atoms with Crippen molar-refractivity contribution < 1.29 is 9.53 Å². The van der Waals surface area contributed by atoms with Gasteiger partial charge in [-0.2, -0.15) is 0 Å². The van der Waals surface area contributed by atoms with E-state index in [2.05, 4.69) is 17.6 Å². The van der Waals surface area contributed by atoms with Gasteiger partial charge in [-0.3, -0.25) is 4.79 Å². The minimum Gasteiger partial charge on any atom is -0.378 e. The van der Waals surface area contributed by atoms with Gasteiger partial charge in [-0.25, -0.2) is 0 Å². The molecule has 4 heteroatoms. The molecule has 2 unspecified atom stereocenters. The molecule has 2 atom stereocenters. The molecule has 2 fully saturated rings. The highest BCUT2D eigenvalue weighted by Crippen LogP contribution is 2.54. The molecule has 2 aliphatic carbocycles. The third-order valence-electron chi connectivity index (χ3n) is 4.36. The lowest BCUT2D eigenvalue weighted by Crippen LogP contribution is -2.64. The van der Waals surface area contributed by atoms with Crippen LogP contribution in [0.5, 0.6) is 0 Å². The molecule has 0 bridgehead atoms. The Labute approximate surface area is 103 Å². The molecular weight excluding hydrogens is 216 g/mol. The fourth-order valence-corrected chi connectivity index (χ4v) is 3.49. The number of carbonyl (C=O) groups excluding carboxylic acids is 1. The van der Waals surface area contributed by atoms with Crippen LogP contribution < -0.4 is 10.6 Å². The first kappa shape index (κ1) is 12.8. The Balaban J connectivity index is 1.93. The van der Waals surface area contributed by atoms with E-state index in [-0.39, 0.29) is 11.3 Å². The molecule has 98 valence electrons. The minimum absolute atomic E-state index is 0.110. The summed E-state index contributed by atoms with van der Waals surface area (Å²) in [7, 11) is 1.80. The summed E-state index contributed by atoms with van der Waals surface area (Å²) in [4.78, 5) is 11.6. The smallest absolute Gasteiger partial charge is 0.234 e. The normalized spacial score (nSPS) is 30.2. The molecule has 2 N–H and O–H groups in total. The number of carbonyl (C=O) groups is 1. The fraction of sp³-hybridized carbons (Fsp3) is 0.923. The van der Waals surface area contributed by atoms with Crippen LogP contribution in [0.2, 0.25) is 0 Å². The second-order valence-corrected chi connectivity index (χ2v) is 5.27. The number of rotatable bonds is 5. The summed E-state index contributed by atoms with van der Waals surface area (Å²) in [6.07, 6.45) is 6.34. The Hall–Kier alpha value is -0.610. The van der Waals surface area contributed by atoms with E-state index < -0.39 is 0 Å². The number of likely N-dealkylation sites (N-methyl/N-ethyl adjacent to an activating group) is 1. The molecule has 2 saturated carbocycles. The summed E-state index contributed by atoms with van der Waals surface area (Å²) in [6.45, 7) is 3.24. The van der Waals surface area contributed by atoms with Crippen molar-refractivity contribution in [2.75, 3.05) is 20.2 Å². The quantitative estimate of drug-likeness (QED) is 0.755. The van der Waals surface area contributed by atoms with Crippen LogP contribution in [-0.4, -0.2) is 38.3 Å². The lowest BCUT2D eigenvalue weighted by molar-refractivity contribution is -0.143. The van der Waals surface area contributed by atoms with Gasteiger partial charge in [-0.1, -0.05) is 12.8 Å². The average molecular weight is 240 g/mol. The van der Waals surface area contributed by atoms with E-state index >= 15 is 0 Å². The van der Waals surface area contributed by atoms with Gasteiger partial charge >= 0.3 is 0 Å². The first-order valence-electron chi connectivity index (χ1n) is 6.78. The van der Waals surface area contributed by atoms with Gasteiger partial charge in [0.1, 0.15) is 0 Å². The molecule has 0 aliphatic heterocycles. The molecule has 17 heavy (non-hydrogen) atoms. The van der Waals surface area contributed by atoms with Crippen molar-refractivity contribution >= 4 is 5.91 Å². The van der Waals surface area contributed by atoms with E-state index in [1.54, 1.807) is 7.05 Å². The fourth-order valence-electron chi connectivity index (χ4n) is 3.49. The van der Waals surface area contributed by atoms with E-state index in [0.717, 1.165) is 13.0 Å². The summed E-state index contributed by atoms with van der Waals surface area (Å²) in [5.74, 6) is 0.110. The van der Waals surface area contributed by atoms with E-state index in [4.69, 9.17) is 4.74 Å². The maximum atomic E-state index is 11.6. The van der Waals surface area contributed by atoms with Gasteiger partial charge in [0.15, 0.2) is 0 Å². The van der Waals surface area contributed by atoms with E-state index in [9.17, 15) is 4.79 Å². The van der Waals surface area contributed by atoms with Crippen molar-refractivity contribution in [1.82, 2.24) is 10.6 Å². The molecule has 1 amide bonds. The minimum atomic E-state index is 0.110. The second-order valence-electron chi connectivity index (χ2n) is 5.27. The summed E-state index contributed by atoms with van der Waals surface area (Å²) < 4.78 is 5.82. The molecule has 0 saturated heterocycles. The molecule has 2 rings (SSSR count). The van der Waals surface area contributed by atoms with Crippen LogP contribution in [0.15, 0.2) is 0 Å². The number of amides is 1.